The van der Waals surface area contributed by atoms with Crippen molar-refractivity contribution in [3.63, 3.8) is 0 Å². The molecular formula is C12H9F4NO3. The highest BCUT2D eigenvalue weighted by molar-refractivity contribution is 5.95. The molecule has 1 fully saturated rings. The Kier molecular flexibility index (Phi) is 2.19. The average molecular weight is 291 g/mol. The lowest BCUT2D eigenvalue weighted by Crippen LogP contribution is -2.34. The molecular weight excluding hydrogens is 282 g/mol. The first-order valence-electron chi connectivity index (χ1n) is 5.68. The van der Waals surface area contributed by atoms with Crippen LogP contribution in [0.5, 0.6) is 11.5 Å². The smallest absolute Gasteiger partial charge is 0.486 e. The van der Waals surface area contributed by atoms with Crippen molar-refractivity contribution in [2.75, 3.05) is 0 Å². The predicted molar refractivity (Wildman–Crippen MR) is 57.6 cm³/mol. The van der Waals surface area contributed by atoms with Crippen molar-refractivity contribution in [1.82, 2.24) is 0 Å². The summed E-state index contributed by atoms with van der Waals surface area (Å²) in [6.45, 7) is 1.60. The number of ether oxygens (including phenoxy) is 2. The molecule has 3 rings (SSSR count). The summed E-state index contributed by atoms with van der Waals surface area (Å²) >= 11 is 0. The molecule has 0 spiro atoms. The van der Waals surface area contributed by atoms with E-state index < -0.39 is 34.9 Å². The Hall–Kier alpha value is -1.99. The van der Waals surface area contributed by atoms with E-state index in [2.05, 4.69) is 4.74 Å². The van der Waals surface area contributed by atoms with Crippen LogP contribution in [-0.2, 0) is 10.2 Å². The standard InChI is InChI=1S/C12H9F4NO3/c1-10-4-11(10,9(17)18)5-2-8(20-12(14,15)16)6(13)3-7(5)19-10/h2-3H,4H2,1H3,(H2,17,18). The van der Waals surface area contributed by atoms with Crippen molar-refractivity contribution in [3.05, 3.63) is 23.5 Å². The largest absolute Gasteiger partial charge is 0.573 e. The van der Waals surface area contributed by atoms with Crippen molar-refractivity contribution in [3.8, 4) is 11.5 Å². The molecule has 1 aromatic carbocycles. The van der Waals surface area contributed by atoms with Gasteiger partial charge < -0.3 is 15.2 Å². The summed E-state index contributed by atoms with van der Waals surface area (Å²) in [6, 6.07) is 1.61. The zero-order valence-electron chi connectivity index (χ0n) is 10.2. The molecule has 1 heterocycles. The zero-order valence-corrected chi connectivity index (χ0v) is 10.2. The molecule has 1 aliphatic heterocycles. The third kappa shape index (κ3) is 1.50. The third-order valence-electron chi connectivity index (χ3n) is 3.86. The number of carbonyl (C=O) groups excluding carboxylic acids is 1. The number of hydrogen-bond donors (Lipinski definition) is 1. The Balaban J connectivity index is 2.10. The highest BCUT2D eigenvalue weighted by atomic mass is 19.4. The molecule has 1 aromatic rings. The van der Waals surface area contributed by atoms with Crippen LogP contribution < -0.4 is 15.2 Å². The number of amides is 1. The van der Waals surface area contributed by atoms with E-state index in [9.17, 15) is 22.4 Å². The number of hydrogen-bond acceptors (Lipinski definition) is 3. The minimum Gasteiger partial charge on any atom is -0.486 e. The zero-order chi connectivity index (χ0) is 14.9. The van der Waals surface area contributed by atoms with Crippen LogP contribution >= 0.6 is 0 Å². The van der Waals surface area contributed by atoms with Crippen LogP contribution in [0.3, 0.4) is 0 Å². The molecule has 0 aromatic heterocycles. The third-order valence-corrected chi connectivity index (χ3v) is 3.86. The topological polar surface area (TPSA) is 61.6 Å². The van der Waals surface area contributed by atoms with Gasteiger partial charge in [-0.25, -0.2) is 4.39 Å². The molecule has 2 aliphatic rings. The van der Waals surface area contributed by atoms with Gasteiger partial charge in [-0.15, -0.1) is 13.2 Å². The highest BCUT2D eigenvalue weighted by Crippen LogP contribution is 2.67. The Labute approximate surface area is 110 Å². The number of benzene rings is 1. The van der Waals surface area contributed by atoms with Gasteiger partial charge in [-0.05, 0) is 13.0 Å². The van der Waals surface area contributed by atoms with E-state index in [0.717, 1.165) is 12.1 Å². The number of halogens is 4. The Morgan fingerprint density at radius 3 is 2.65 bits per heavy atom. The van der Waals surface area contributed by atoms with E-state index in [-0.39, 0.29) is 17.7 Å². The molecule has 2 atom stereocenters. The second-order valence-electron chi connectivity index (χ2n) is 5.11. The maximum absolute atomic E-state index is 13.5. The number of carbonyl (C=O) groups is 1. The molecule has 0 radical (unpaired) electrons. The van der Waals surface area contributed by atoms with Crippen molar-refractivity contribution < 1.29 is 31.8 Å². The molecule has 1 saturated carbocycles. The molecule has 2 unspecified atom stereocenters. The molecule has 20 heavy (non-hydrogen) atoms. The molecule has 0 bridgehead atoms. The van der Waals surface area contributed by atoms with Crippen LogP contribution in [0.4, 0.5) is 17.6 Å². The fraction of sp³-hybridized carbons (Fsp3) is 0.417. The molecule has 4 nitrogen and oxygen atoms in total. The fourth-order valence-electron chi connectivity index (χ4n) is 2.84. The van der Waals surface area contributed by atoms with Crippen molar-refractivity contribution in [1.29, 1.82) is 0 Å². The lowest BCUT2D eigenvalue weighted by atomic mass is 9.92. The minimum absolute atomic E-state index is 0.0181. The van der Waals surface area contributed by atoms with E-state index in [1.165, 1.54) is 0 Å². The summed E-state index contributed by atoms with van der Waals surface area (Å²) in [5.74, 6) is -2.92. The molecule has 8 heteroatoms. The second kappa shape index (κ2) is 3.36. The summed E-state index contributed by atoms with van der Waals surface area (Å²) in [4.78, 5) is 11.6. The highest BCUT2D eigenvalue weighted by Gasteiger charge is 2.76. The van der Waals surface area contributed by atoms with Crippen LogP contribution in [0.1, 0.15) is 18.9 Å². The number of rotatable bonds is 2. The SMILES string of the molecule is CC12CC1(C(N)=O)c1cc(OC(F)(F)F)c(F)cc1O2. The summed E-state index contributed by atoms with van der Waals surface area (Å²) in [7, 11) is 0. The van der Waals surface area contributed by atoms with E-state index in [0.29, 0.717) is 0 Å². The van der Waals surface area contributed by atoms with E-state index >= 15 is 0 Å². The number of fused-ring (bicyclic) bond motifs is 3. The van der Waals surface area contributed by atoms with E-state index in [1.807, 2.05) is 0 Å². The van der Waals surface area contributed by atoms with Crippen molar-refractivity contribution >= 4 is 5.91 Å². The maximum Gasteiger partial charge on any atom is 0.573 e. The van der Waals surface area contributed by atoms with Crippen molar-refractivity contribution in [2.24, 2.45) is 5.73 Å². The van der Waals surface area contributed by atoms with Gasteiger partial charge in [0.15, 0.2) is 11.6 Å². The molecule has 108 valence electrons. The first-order chi connectivity index (χ1) is 9.09. The Bertz CT molecular complexity index is 630. The van der Waals surface area contributed by atoms with Gasteiger partial charge in [-0.3, -0.25) is 4.79 Å². The fourth-order valence-corrected chi connectivity index (χ4v) is 2.84. The van der Waals surface area contributed by atoms with Gasteiger partial charge in [-0.2, -0.15) is 0 Å². The van der Waals surface area contributed by atoms with Gasteiger partial charge in [0.25, 0.3) is 0 Å². The predicted octanol–water partition coefficient (Wildman–Crippen LogP) is 2.00. The number of primary amides is 1. The quantitative estimate of drug-likeness (QED) is 0.848. The molecule has 0 saturated heterocycles. The molecule has 2 N–H and O–H groups in total. The average Bonchev–Trinajstić information content (AvgIpc) is 2.80. The Morgan fingerprint density at radius 2 is 2.10 bits per heavy atom. The molecule has 1 aliphatic carbocycles. The van der Waals surface area contributed by atoms with Gasteiger partial charge in [0.1, 0.15) is 16.8 Å². The lowest BCUT2D eigenvalue weighted by Gasteiger charge is -2.13. The van der Waals surface area contributed by atoms with Crippen LogP contribution in [0.2, 0.25) is 0 Å². The summed E-state index contributed by atoms with van der Waals surface area (Å²) in [5, 5.41) is 0. The van der Waals surface area contributed by atoms with Gasteiger partial charge in [0, 0.05) is 18.1 Å². The number of alkyl halides is 3. The summed E-state index contributed by atoms with van der Waals surface area (Å²) < 4.78 is 59.2. The first-order valence-corrected chi connectivity index (χ1v) is 5.68. The monoisotopic (exact) mass is 291 g/mol. The van der Waals surface area contributed by atoms with Gasteiger partial charge in [0.05, 0.1) is 0 Å². The number of nitrogens with two attached hydrogens (primary N) is 1. The lowest BCUT2D eigenvalue weighted by molar-refractivity contribution is -0.275. The van der Waals surface area contributed by atoms with Gasteiger partial charge >= 0.3 is 6.36 Å². The normalized spacial score (nSPS) is 30.2. The second-order valence-corrected chi connectivity index (χ2v) is 5.11. The van der Waals surface area contributed by atoms with E-state index in [1.54, 1.807) is 6.92 Å². The van der Waals surface area contributed by atoms with Gasteiger partial charge in [-0.1, -0.05) is 0 Å². The van der Waals surface area contributed by atoms with Crippen molar-refractivity contribution in [2.45, 2.75) is 30.7 Å². The minimum atomic E-state index is -5.03. The van der Waals surface area contributed by atoms with Crippen LogP contribution in [-0.4, -0.2) is 17.9 Å². The van der Waals surface area contributed by atoms with Crippen LogP contribution in [0.25, 0.3) is 0 Å². The first kappa shape index (κ1) is 13.0. The van der Waals surface area contributed by atoms with E-state index in [4.69, 9.17) is 10.5 Å². The van der Waals surface area contributed by atoms with Crippen LogP contribution in [0, 0.1) is 5.82 Å². The maximum atomic E-state index is 13.5. The van der Waals surface area contributed by atoms with Gasteiger partial charge in [0.2, 0.25) is 5.91 Å². The van der Waals surface area contributed by atoms with Crippen LogP contribution in [0.15, 0.2) is 12.1 Å². The summed E-state index contributed by atoms with van der Waals surface area (Å²) in [5.41, 5.74) is 3.31. The Morgan fingerprint density at radius 1 is 1.45 bits per heavy atom. The molecule has 1 amide bonds. The summed E-state index contributed by atoms with van der Waals surface area (Å²) in [6.07, 6.45) is -4.78.